The maximum Gasteiger partial charge on any atom is 0.328 e. The van der Waals surface area contributed by atoms with Crippen LogP contribution in [-0.2, 0) is 20.7 Å². The van der Waals surface area contributed by atoms with E-state index in [1.807, 2.05) is 60.7 Å². The first-order chi connectivity index (χ1) is 14.0. The third-order valence-corrected chi connectivity index (χ3v) is 4.38. The van der Waals surface area contributed by atoms with Crippen molar-refractivity contribution >= 4 is 18.1 Å². The predicted molar refractivity (Wildman–Crippen MR) is 116 cm³/mol. The summed E-state index contributed by atoms with van der Waals surface area (Å²) >= 11 is 0. The standard InChI is InChI=1S/C13H13N.C11H13NO3/c1-10-7-8-12(14)9-13(10)11-5-3-2-4-6-11;1-15-11(14)10(12-8-13)7-9-5-3-2-4-6-9/h2-9H,14H2,1H3;2-6,8,10H,7H2,1H3,(H,12,13)/t;10-/m.0/s1. The average molecular weight is 390 g/mol. The highest BCUT2D eigenvalue weighted by Crippen LogP contribution is 2.24. The number of esters is 1. The van der Waals surface area contributed by atoms with Gasteiger partial charge in [-0.3, -0.25) is 4.79 Å². The van der Waals surface area contributed by atoms with Crippen LogP contribution in [0.3, 0.4) is 0 Å². The summed E-state index contributed by atoms with van der Waals surface area (Å²) in [5.41, 5.74) is 11.2. The van der Waals surface area contributed by atoms with E-state index in [2.05, 4.69) is 35.2 Å². The van der Waals surface area contributed by atoms with Gasteiger partial charge in [-0.25, -0.2) is 4.79 Å². The number of anilines is 1. The molecule has 1 amide bonds. The van der Waals surface area contributed by atoms with Gasteiger partial charge in [0.15, 0.2) is 0 Å². The zero-order valence-corrected chi connectivity index (χ0v) is 16.7. The number of carbonyl (C=O) groups excluding carboxylic acids is 2. The number of aryl methyl sites for hydroxylation is 1. The molecule has 5 heteroatoms. The number of carbonyl (C=O) groups is 2. The fourth-order valence-electron chi connectivity index (χ4n) is 2.85. The lowest BCUT2D eigenvalue weighted by Crippen LogP contribution is -2.38. The summed E-state index contributed by atoms with van der Waals surface area (Å²) in [4.78, 5) is 21.6. The zero-order valence-electron chi connectivity index (χ0n) is 16.7. The van der Waals surface area contributed by atoms with E-state index in [0.717, 1.165) is 11.3 Å². The van der Waals surface area contributed by atoms with Crippen molar-refractivity contribution in [2.24, 2.45) is 0 Å². The Labute approximate surface area is 171 Å². The Morgan fingerprint density at radius 2 is 1.66 bits per heavy atom. The average Bonchev–Trinajstić information content (AvgIpc) is 2.76. The minimum Gasteiger partial charge on any atom is -0.467 e. The fourth-order valence-corrected chi connectivity index (χ4v) is 2.85. The number of nitrogen functional groups attached to an aromatic ring is 1. The minimum absolute atomic E-state index is 0.437. The lowest BCUT2D eigenvalue weighted by atomic mass is 10.0. The second-order valence-corrected chi connectivity index (χ2v) is 6.49. The van der Waals surface area contributed by atoms with Crippen LogP contribution in [0.25, 0.3) is 11.1 Å². The Hall–Kier alpha value is -3.60. The van der Waals surface area contributed by atoms with Crippen molar-refractivity contribution in [1.82, 2.24) is 5.32 Å². The zero-order chi connectivity index (χ0) is 21.1. The van der Waals surface area contributed by atoms with Crippen molar-refractivity contribution in [2.45, 2.75) is 19.4 Å². The molecule has 0 heterocycles. The molecule has 3 aromatic carbocycles. The van der Waals surface area contributed by atoms with Crippen LogP contribution >= 0.6 is 0 Å². The number of amides is 1. The van der Waals surface area contributed by atoms with Gasteiger partial charge in [-0.05, 0) is 41.3 Å². The van der Waals surface area contributed by atoms with E-state index in [0.29, 0.717) is 12.8 Å². The fraction of sp³-hybridized carbons (Fsp3) is 0.167. The maximum atomic E-state index is 11.3. The Morgan fingerprint density at radius 3 is 2.24 bits per heavy atom. The molecule has 0 aliphatic heterocycles. The summed E-state index contributed by atoms with van der Waals surface area (Å²) in [6.45, 7) is 2.10. The first-order valence-electron chi connectivity index (χ1n) is 9.28. The van der Waals surface area contributed by atoms with Crippen molar-refractivity contribution in [1.29, 1.82) is 0 Å². The van der Waals surface area contributed by atoms with Crippen molar-refractivity contribution in [3.05, 3.63) is 90.0 Å². The summed E-state index contributed by atoms with van der Waals surface area (Å²) in [5, 5.41) is 2.43. The van der Waals surface area contributed by atoms with E-state index in [4.69, 9.17) is 5.73 Å². The molecule has 0 fully saturated rings. The van der Waals surface area contributed by atoms with Gasteiger partial charge in [0, 0.05) is 12.1 Å². The number of hydrogen-bond acceptors (Lipinski definition) is 4. The molecule has 150 valence electrons. The SMILES string of the molecule is COC(=O)[C@H](Cc1ccccc1)NC=O.Cc1ccc(N)cc1-c1ccccc1. The summed E-state index contributed by atoms with van der Waals surface area (Å²) < 4.78 is 4.58. The molecule has 3 aromatic rings. The van der Waals surface area contributed by atoms with E-state index in [1.54, 1.807) is 0 Å². The summed E-state index contributed by atoms with van der Waals surface area (Å²) in [6, 6.07) is 25.1. The number of benzene rings is 3. The molecule has 0 aliphatic carbocycles. The van der Waals surface area contributed by atoms with E-state index in [1.165, 1.54) is 23.8 Å². The predicted octanol–water partition coefficient (Wildman–Crippen LogP) is 3.76. The Bertz CT molecular complexity index is 912. The second-order valence-electron chi connectivity index (χ2n) is 6.49. The van der Waals surface area contributed by atoms with Crippen LogP contribution in [0.2, 0.25) is 0 Å². The molecule has 5 nitrogen and oxygen atoms in total. The quantitative estimate of drug-likeness (QED) is 0.381. The smallest absolute Gasteiger partial charge is 0.328 e. The number of methoxy groups -OCH3 is 1. The molecular formula is C24H26N2O3. The Kier molecular flexibility index (Phi) is 8.45. The van der Waals surface area contributed by atoms with Crippen LogP contribution in [0.5, 0.6) is 0 Å². The monoisotopic (exact) mass is 390 g/mol. The van der Waals surface area contributed by atoms with Gasteiger partial charge in [-0.2, -0.15) is 0 Å². The molecule has 3 rings (SSSR count). The topological polar surface area (TPSA) is 81.4 Å². The van der Waals surface area contributed by atoms with Crippen molar-refractivity contribution in [3.63, 3.8) is 0 Å². The molecule has 0 saturated heterocycles. The third kappa shape index (κ3) is 6.81. The molecule has 0 aliphatic rings. The van der Waals surface area contributed by atoms with Gasteiger partial charge in [0.1, 0.15) is 6.04 Å². The lowest BCUT2D eigenvalue weighted by molar-refractivity contribution is -0.144. The molecule has 0 radical (unpaired) electrons. The molecule has 0 unspecified atom stereocenters. The molecule has 0 spiro atoms. The molecule has 0 bridgehead atoms. The van der Waals surface area contributed by atoms with Gasteiger partial charge >= 0.3 is 5.97 Å². The highest BCUT2D eigenvalue weighted by Gasteiger charge is 2.18. The lowest BCUT2D eigenvalue weighted by Gasteiger charge is -2.13. The van der Waals surface area contributed by atoms with Crippen LogP contribution in [-0.4, -0.2) is 25.5 Å². The van der Waals surface area contributed by atoms with Crippen LogP contribution in [0.1, 0.15) is 11.1 Å². The van der Waals surface area contributed by atoms with Gasteiger partial charge in [-0.1, -0.05) is 66.7 Å². The van der Waals surface area contributed by atoms with Crippen LogP contribution in [0.15, 0.2) is 78.9 Å². The number of rotatable bonds is 6. The summed E-state index contributed by atoms with van der Waals surface area (Å²) in [6.07, 6.45) is 0.941. The van der Waals surface area contributed by atoms with E-state index in [9.17, 15) is 9.59 Å². The molecule has 29 heavy (non-hydrogen) atoms. The second kappa shape index (κ2) is 11.3. The number of hydrogen-bond donors (Lipinski definition) is 2. The highest BCUT2D eigenvalue weighted by atomic mass is 16.5. The highest BCUT2D eigenvalue weighted by molar-refractivity contribution is 5.78. The largest absolute Gasteiger partial charge is 0.467 e. The number of ether oxygens (including phenoxy) is 1. The van der Waals surface area contributed by atoms with Crippen molar-refractivity contribution in [2.75, 3.05) is 12.8 Å². The Balaban J connectivity index is 0.000000207. The number of nitrogens with one attached hydrogen (secondary N) is 1. The Morgan fingerprint density at radius 1 is 1.03 bits per heavy atom. The van der Waals surface area contributed by atoms with Crippen LogP contribution < -0.4 is 11.1 Å². The normalized spacial score (nSPS) is 10.8. The first-order valence-corrected chi connectivity index (χ1v) is 9.28. The van der Waals surface area contributed by atoms with Gasteiger partial charge in [0.05, 0.1) is 7.11 Å². The van der Waals surface area contributed by atoms with Crippen LogP contribution in [0, 0.1) is 6.92 Å². The first kappa shape index (κ1) is 21.7. The maximum absolute atomic E-state index is 11.3. The van der Waals surface area contributed by atoms with E-state index in [-0.39, 0.29) is 0 Å². The molecule has 3 N–H and O–H groups in total. The van der Waals surface area contributed by atoms with Gasteiger partial charge in [0.25, 0.3) is 0 Å². The van der Waals surface area contributed by atoms with Gasteiger partial charge < -0.3 is 15.8 Å². The van der Waals surface area contributed by atoms with Gasteiger partial charge in [-0.15, -0.1) is 0 Å². The van der Waals surface area contributed by atoms with Crippen LogP contribution in [0.4, 0.5) is 5.69 Å². The van der Waals surface area contributed by atoms with E-state index >= 15 is 0 Å². The van der Waals surface area contributed by atoms with Gasteiger partial charge in [0.2, 0.25) is 6.41 Å². The van der Waals surface area contributed by atoms with Crippen molar-refractivity contribution < 1.29 is 14.3 Å². The minimum atomic E-state index is -0.616. The number of nitrogens with two attached hydrogens (primary N) is 1. The molecular weight excluding hydrogens is 364 g/mol. The molecule has 0 aromatic heterocycles. The third-order valence-electron chi connectivity index (χ3n) is 4.38. The van der Waals surface area contributed by atoms with E-state index < -0.39 is 12.0 Å². The molecule has 1 atom stereocenters. The van der Waals surface area contributed by atoms with Crippen molar-refractivity contribution in [3.8, 4) is 11.1 Å². The summed E-state index contributed by atoms with van der Waals surface area (Å²) in [5.74, 6) is -0.439. The molecule has 0 saturated carbocycles. The summed E-state index contributed by atoms with van der Waals surface area (Å²) in [7, 11) is 1.30.